The van der Waals surface area contributed by atoms with Gasteiger partial charge in [-0.25, -0.2) is 4.79 Å². The van der Waals surface area contributed by atoms with Gasteiger partial charge in [0.1, 0.15) is 11.7 Å². The molecule has 0 saturated heterocycles. The molecule has 1 heterocycles. The lowest BCUT2D eigenvalue weighted by molar-refractivity contribution is -0.151. The van der Waals surface area contributed by atoms with Crippen molar-refractivity contribution in [3.63, 3.8) is 0 Å². The lowest BCUT2D eigenvalue weighted by Crippen LogP contribution is -2.43. The molecule has 172 valence electrons. The molecule has 1 N–H and O–H groups in total. The number of methoxy groups -OCH3 is 1. The number of carbonyl (C=O) groups excluding carboxylic acids is 3. The molecule has 1 aliphatic carbocycles. The molecule has 0 spiro atoms. The minimum atomic E-state index is -0.928. The topological polar surface area (TPSA) is 90.9 Å². The molecule has 1 aromatic rings. The molecule has 0 fully saturated rings. The average Bonchev–Trinajstić information content (AvgIpc) is 2.72. The van der Waals surface area contributed by atoms with Crippen LogP contribution < -0.4 is 10.1 Å². The first-order valence-corrected chi connectivity index (χ1v) is 11.0. The van der Waals surface area contributed by atoms with Crippen molar-refractivity contribution >= 4 is 17.7 Å². The van der Waals surface area contributed by atoms with Crippen molar-refractivity contribution in [1.82, 2.24) is 5.32 Å². The van der Waals surface area contributed by atoms with Crippen molar-refractivity contribution < 1.29 is 28.6 Å². The Morgan fingerprint density at radius 2 is 1.91 bits per heavy atom. The monoisotopic (exact) mass is 441 g/mol. The third kappa shape index (κ3) is 4.29. The molecule has 0 aromatic heterocycles. The lowest BCUT2D eigenvalue weighted by Gasteiger charge is -2.38. The number of para-hydroxylation sites is 1. The predicted octanol–water partition coefficient (Wildman–Crippen LogP) is 3.65. The largest absolute Gasteiger partial charge is 0.491 e. The van der Waals surface area contributed by atoms with E-state index < -0.39 is 23.8 Å². The maximum atomic E-state index is 13.7. The summed E-state index contributed by atoms with van der Waals surface area (Å²) in [7, 11) is 1.28. The number of carbonyl (C=O) groups is 3. The van der Waals surface area contributed by atoms with Gasteiger partial charge in [-0.3, -0.25) is 9.59 Å². The van der Waals surface area contributed by atoms with Crippen molar-refractivity contribution in [2.24, 2.45) is 11.8 Å². The number of Topliss-reactive ketones (excluding diaryl/α,β-unsaturated/α-hetero) is 1. The lowest BCUT2D eigenvalue weighted by atomic mass is 9.69. The Hall–Kier alpha value is -3.09. The summed E-state index contributed by atoms with van der Waals surface area (Å²) in [5.41, 5.74) is 2.77. The first-order valence-electron chi connectivity index (χ1n) is 11.0. The molecular formula is C25H31NO6. The second-order valence-corrected chi connectivity index (χ2v) is 8.46. The number of ketones is 1. The van der Waals surface area contributed by atoms with Crippen LogP contribution in [0.15, 0.2) is 46.8 Å². The fourth-order valence-electron chi connectivity index (χ4n) is 4.55. The number of esters is 2. The molecule has 7 nitrogen and oxygen atoms in total. The van der Waals surface area contributed by atoms with E-state index in [-0.39, 0.29) is 24.4 Å². The van der Waals surface area contributed by atoms with Crippen LogP contribution in [0.2, 0.25) is 0 Å². The molecule has 0 radical (unpaired) electrons. The van der Waals surface area contributed by atoms with Crippen molar-refractivity contribution in [2.75, 3.05) is 13.7 Å². The molecule has 7 heteroatoms. The number of allylic oxidation sites excluding steroid dienone is 3. The molecular weight excluding hydrogens is 410 g/mol. The highest BCUT2D eigenvalue weighted by atomic mass is 16.5. The Kier molecular flexibility index (Phi) is 7.06. The molecule has 0 bridgehead atoms. The fraction of sp³-hybridized carbons (Fsp3) is 0.480. The first-order chi connectivity index (χ1) is 15.2. The zero-order valence-corrected chi connectivity index (χ0v) is 19.5. The molecule has 0 unspecified atom stereocenters. The molecule has 1 aromatic carbocycles. The minimum Gasteiger partial charge on any atom is -0.491 e. The summed E-state index contributed by atoms with van der Waals surface area (Å²) in [4.78, 5) is 39.2. The first kappa shape index (κ1) is 23.6. The Morgan fingerprint density at radius 1 is 1.22 bits per heavy atom. The van der Waals surface area contributed by atoms with Gasteiger partial charge in [0, 0.05) is 22.5 Å². The van der Waals surface area contributed by atoms with Crippen LogP contribution in [0.1, 0.15) is 52.5 Å². The van der Waals surface area contributed by atoms with Crippen molar-refractivity contribution in [1.29, 1.82) is 0 Å². The summed E-state index contributed by atoms with van der Waals surface area (Å²) < 4.78 is 16.3. The van der Waals surface area contributed by atoms with Crippen LogP contribution >= 0.6 is 0 Å². The fourth-order valence-corrected chi connectivity index (χ4v) is 4.55. The third-order valence-corrected chi connectivity index (χ3v) is 5.83. The zero-order valence-electron chi connectivity index (χ0n) is 19.5. The van der Waals surface area contributed by atoms with Crippen LogP contribution in [0.5, 0.6) is 5.75 Å². The zero-order chi connectivity index (χ0) is 23.6. The Labute approximate surface area is 188 Å². The smallest absolute Gasteiger partial charge is 0.336 e. The second kappa shape index (κ2) is 9.59. The van der Waals surface area contributed by atoms with Gasteiger partial charge < -0.3 is 19.5 Å². The van der Waals surface area contributed by atoms with E-state index in [1.165, 1.54) is 7.11 Å². The van der Waals surface area contributed by atoms with E-state index in [0.717, 1.165) is 5.70 Å². The summed E-state index contributed by atoms with van der Waals surface area (Å²) in [6.07, 6.45) is 0.380. The molecule has 0 saturated carbocycles. The van der Waals surface area contributed by atoms with Gasteiger partial charge in [-0.05, 0) is 46.1 Å². The van der Waals surface area contributed by atoms with Crippen LogP contribution in [-0.2, 0) is 23.9 Å². The molecule has 3 atom stereocenters. The highest BCUT2D eigenvalue weighted by Crippen LogP contribution is 2.47. The van der Waals surface area contributed by atoms with E-state index in [9.17, 15) is 14.4 Å². The Balaban J connectivity index is 2.24. The molecule has 3 rings (SSSR count). The van der Waals surface area contributed by atoms with E-state index in [0.29, 0.717) is 34.6 Å². The van der Waals surface area contributed by atoms with E-state index in [1.807, 2.05) is 45.0 Å². The van der Waals surface area contributed by atoms with Crippen molar-refractivity contribution in [3.05, 3.63) is 52.4 Å². The normalized spacial score (nSPS) is 23.0. The number of ether oxygens (including phenoxy) is 3. The summed E-state index contributed by atoms with van der Waals surface area (Å²) in [6.45, 7) is 9.43. The van der Waals surface area contributed by atoms with Gasteiger partial charge in [0.25, 0.3) is 0 Å². The average molecular weight is 442 g/mol. The molecule has 0 amide bonds. The number of hydrogen-bond donors (Lipinski definition) is 1. The van der Waals surface area contributed by atoms with Crippen molar-refractivity contribution in [2.45, 2.75) is 53.1 Å². The van der Waals surface area contributed by atoms with Gasteiger partial charge >= 0.3 is 11.9 Å². The Bertz CT molecular complexity index is 990. The maximum absolute atomic E-state index is 13.7. The number of rotatable bonds is 6. The van der Waals surface area contributed by atoms with E-state index in [1.54, 1.807) is 13.8 Å². The van der Waals surface area contributed by atoms with E-state index >= 15 is 0 Å². The summed E-state index contributed by atoms with van der Waals surface area (Å²) >= 11 is 0. The van der Waals surface area contributed by atoms with Gasteiger partial charge in [-0.1, -0.05) is 25.1 Å². The second-order valence-electron chi connectivity index (χ2n) is 8.46. The summed E-state index contributed by atoms with van der Waals surface area (Å²) in [6, 6.07) is 7.36. The predicted molar refractivity (Wildman–Crippen MR) is 119 cm³/mol. The van der Waals surface area contributed by atoms with Crippen molar-refractivity contribution in [3.8, 4) is 5.75 Å². The third-order valence-electron chi connectivity index (χ3n) is 5.83. The number of dihydropyridines is 1. The highest BCUT2D eigenvalue weighted by molar-refractivity contribution is 6.12. The van der Waals surface area contributed by atoms with Crippen LogP contribution in [0, 0.1) is 11.8 Å². The van der Waals surface area contributed by atoms with E-state index in [2.05, 4.69) is 5.32 Å². The van der Waals surface area contributed by atoms with Gasteiger partial charge in [0.05, 0.1) is 31.3 Å². The number of hydrogen-bond acceptors (Lipinski definition) is 7. The summed E-state index contributed by atoms with van der Waals surface area (Å²) in [5, 5.41) is 3.25. The van der Waals surface area contributed by atoms with Crippen LogP contribution in [0.3, 0.4) is 0 Å². The Morgan fingerprint density at radius 3 is 2.53 bits per heavy atom. The standard InChI is InChI=1S/C25H31NO6/c1-7-31-25(29)20-15(5)26-17-12-14(4)19(24(28)30-6)23(27)22(17)21(20)16-10-8-9-11-18(16)32-13(2)3/h8-11,13-14,19,21,26H,7,12H2,1-6H3/t14-,19-,21+/m0/s1. The molecule has 32 heavy (non-hydrogen) atoms. The van der Waals surface area contributed by atoms with Crippen LogP contribution in [0.4, 0.5) is 0 Å². The quantitative estimate of drug-likeness (QED) is 0.532. The molecule has 2 aliphatic rings. The minimum absolute atomic E-state index is 0.104. The van der Waals surface area contributed by atoms with Gasteiger partial charge in [0.2, 0.25) is 0 Å². The highest BCUT2D eigenvalue weighted by Gasteiger charge is 2.47. The SMILES string of the molecule is CCOC(=O)C1=C(C)NC2=C(C(=O)[C@@H](C(=O)OC)[C@@H](C)C2)[C@@H]1c1ccccc1OC(C)C. The van der Waals surface area contributed by atoms with Gasteiger partial charge in [-0.15, -0.1) is 0 Å². The van der Waals surface area contributed by atoms with Crippen LogP contribution in [-0.4, -0.2) is 37.5 Å². The van der Waals surface area contributed by atoms with E-state index in [4.69, 9.17) is 14.2 Å². The molecule has 1 aliphatic heterocycles. The maximum Gasteiger partial charge on any atom is 0.336 e. The van der Waals surface area contributed by atoms with Gasteiger partial charge in [0.15, 0.2) is 5.78 Å². The number of benzene rings is 1. The summed E-state index contributed by atoms with van der Waals surface area (Å²) in [5.74, 6) is -2.71. The number of nitrogens with one attached hydrogen (secondary N) is 1. The van der Waals surface area contributed by atoms with Gasteiger partial charge in [-0.2, -0.15) is 0 Å². The van der Waals surface area contributed by atoms with Crippen LogP contribution in [0.25, 0.3) is 0 Å².